The van der Waals surface area contributed by atoms with Gasteiger partial charge in [-0.15, -0.1) is 0 Å². The van der Waals surface area contributed by atoms with Crippen LogP contribution in [0.5, 0.6) is 0 Å². The minimum Gasteiger partial charge on any atom is -0.355 e. The zero-order valence-corrected chi connectivity index (χ0v) is 10.7. The molecule has 0 aromatic heterocycles. The number of rotatable bonds is 2. The Hall–Kier alpha value is -0.660. The van der Waals surface area contributed by atoms with Gasteiger partial charge in [0, 0.05) is 39.1 Å². The lowest BCUT2D eigenvalue weighted by Crippen LogP contribution is -2.47. The fourth-order valence-electron chi connectivity index (χ4n) is 2.24. The molecule has 7 heteroatoms. The smallest absolute Gasteiger partial charge is 0.282 e. The van der Waals surface area contributed by atoms with Crippen molar-refractivity contribution in [3.8, 4) is 0 Å². The summed E-state index contributed by atoms with van der Waals surface area (Å²) in [7, 11) is -3.36. The van der Waals surface area contributed by atoms with Gasteiger partial charge in [0.1, 0.15) is 0 Å². The molecule has 2 aliphatic heterocycles. The Morgan fingerprint density at radius 2 is 1.59 bits per heavy atom. The largest absolute Gasteiger partial charge is 0.355 e. The van der Waals surface area contributed by atoms with Crippen LogP contribution in [0.1, 0.15) is 25.7 Å². The fraction of sp³-hybridized carbons (Fsp3) is 0.900. The molecule has 0 bridgehead atoms. The van der Waals surface area contributed by atoms with Crippen LogP contribution in [0, 0.1) is 0 Å². The second kappa shape index (κ2) is 5.32. The topological polar surface area (TPSA) is 69.7 Å². The lowest BCUT2D eigenvalue weighted by molar-refractivity contribution is -0.120. The first kappa shape index (κ1) is 12.8. The normalized spacial score (nSPS) is 25.3. The molecule has 2 saturated heterocycles. The molecule has 1 amide bonds. The predicted molar refractivity (Wildman–Crippen MR) is 63.5 cm³/mol. The van der Waals surface area contributed by atoms with Crippen molar-refractivity contribution in [1.29, 1.82) is 0 Å². The molecule has 0 aliphatic carbocycles. The minimum absolute atomic E-state index is 0.0682. The molecule has 0 saturated carbocycles. The summed E-state index contributed by atoms with van der Waals surface area (Å²) < 4.78 is 27.6. The number of nitrogens with one attached hydrogen (secondary N) is 1. The van der Waals surface area contributed by atoms with Crippen molar-refractivity contribution in [3.63, 3.8) is 0 Å². The molecule has 2 heterocycles. The van der Waals surface area contributed by atoms with Crippen LogP contribution in [0.25, 0.3) is 0 Å². The standard InChI is InChI=1S/C10H19N3O3S/c14-10-4-8-13(9-5-11-10)17(15,16)12-6-2-1-3-7-12/h1-9H2,(H,11,14). The van der Waals surface area contributed by atoms with E-state index in [1.807, 2.05) is 0 Å². The Balaban J connectivity index is 2.05. The van der Waals surface area contributed by atoms with E-state index in [0.717, 1.165) is 19.3 Å². The second-order valence-electron chi connectivity index (χ2n) is 4.47. The third-order valence-electron chi connectivity index (χ3n) is 3.24. The first-order valence-electron chi connectivity index (χ1n) is 6.12. The third-order valence-corrected chi connectivity index (χ3v) is 5.27. The number of hydrogen-bond acceptors (Lipinski definition) is 3. The van der Waals surface area contributed by atoms with Crippen LogP contribution in [0.3, 0.4) is 0 Å². The molecule has 2 rings (SSSR count). The van der Waals surface area contributed by atoms with Crippen molar-refractivity contribution in [2.24, 2.45) is 0 Å². The molecule has 0 radical (unpaired) electrons. The Labute approximate surface area is 102 Å². The van der Waals surface area contributed by atoms with Gasteiger partial charge in [-0.2, -0.15) is 17.0 Å². The quantitative estimate of drug-likeness (QED) is 0.731. The number of amides is 1. The number of piperidine rings is 1. The van der Waals surface area contributed by atoms with Gasteiger partial charge in [0.25, 0.3) is 10.2 Å². The van der Waals surface area contributed by atoms with Gasteiger partial charge in [-0.1, -0.05) is 6.42 Å². The van der Waals surface area contributed by atoms with Gasteiger partial charge < -0.3 is 5.32 Å². The highest BCUT2D eigenvalue weighted by molar-refractivity contribution is 7.86. The first-order chi connectivity index (χ1) is 8.10. The van der Waals surface area contributed by atoms with E-state index in [2.05, 4.69) is 5.32 Å². The van der Waals surface area contributed by atoms with Gasteiger partial charge >= 0.3 is 0 Å². The molecule has 0 atom stereocenters. The van der Waals surface area contributed by atoms with Gasteiger partial charge in [-0.3, -0.25) is 4.79 Å². The third kappa shape index (κ3) is 2.97. The lowest BCUT2D eigenvalue weighted by atomic mass is 10.2. The Morgan fingerprint density at radius 3 is 2.29 bits per heavy atom. The van der Waals surface area contributed by atoms with Crippen LogP contribution in [0.15, 0.2) is 0 Å². The van der Waals surface area contributed by atoms with Crippen molar-refractivity contribution in [3.05, 3.63) is 0 Å². The summed E-state index contributed by atoms with van der Waals surface area (Å²) in [6.45, 7) is 2.31. The van der Waals surface area contributed by atoms with Crippen LogP contribution in [0.4, 0.5) is 0 Å². The number of nitrogens with zero attached hydrogens (tertiary/aromatic N) is 2. The first-order valence-corrected chi connectivity index (χ1v) is 7.52. The number of carbonyl (C=O) groups is 1. The average molecular weight is 261 g/mol. The maximum absolute atomic E-state index is 12.3. The zero-order valence-electron chi connectivity index (χ0n) is 9.89. The molecule has 2 aliphatic rings. The number of hydrogen-bond donors (Lipinski definition) is 1. The Bertz CT molecular complexity index is 376. The van der Waals surface area contributed by atoms with Gasteiger partial charge in [0.2, 0.25) is 5.91 Å². The Morgan fingerprint density at radius 1 is 0.941 bits per heavy atom. The summed E-state index contributed by atoms with van der Waals surface area (Å²) in [6, 6.07) is 0. The maximum atomic E-state index is 12.3. The summed E-state index contributed by atoms with van der Waals surface area (Å²) >= 11 is 0. The van der Waals surface area contributed by atoms with E-state index >= 15 is 0 Å². The van der Waals surface area contributed by atoms with Crippen LogP contribution < -0.4 is 5.32 Å². The van der Waals surface area contributed by atoms with E-state index in [1.54, 1.807) is 4.31 Å². The minimum atomic E-state index is -3.36. The van der Waals surface area contributed by atoms with Gasteiger partial charge in [-0.25, -0.2) is 0 Å². The van der Waals surface area contributed by atoms with E-state index < -0.39 is 10.2 Å². The van der Waals surface area contributed by atoms with E-state index in [9.17, 15) is 13.2 Å². The maximum Gasteiger partial charge on any atom is 0.282 e. The molecule has 2 fully saturated rings. The summed E-state index contributed by atoms with van der Waals surface area (Å²) in [5, 5.41) is 2.69. The summed E-state index contributed by atoms with van der Waals surface area (Å²) in [4.78, 5) is 11.2. The van der Waals surface area contributed by atoms with Crippen LogP contribution in [0.2, 0.25) is 0 Å². The number of carbonyl (C=O) groups excluding carboxylic acids is 1. The van der Waals surface area contributed by atoms with Gasteiger partial charge in [-0.05, 0) is 12.8 Å². The van der Waals surface area contributed by atoms with E-state index in [4.69, 9.17) is 0 Å². The van der Waals surface area contributed by atoms with Crippen molar-refractivity contribution in [2.45, 2.75) is 25.7 Å². The van der Waals surface area contributed by atoms with E-state index in [-0.39, 0.29) is 12.3 Å². The lowest BCUT2D eigenvalue weighted by Gasteiger charge is -2.31. The fourth-order valence-corrected chi connectivity index (χ4v) is 3.93. The van der Waals surface area contributed by atoms with Crippen LogP contribution in [-0.2, 0) is 15.0 Å². The van der Waals surface area contributed by atoms with Crippen LogP contribution >= 0.6 is 0 Å². The molecule has 1 N–H and O–H groups in total. The second-order valence-corrected chi connectivity index (χ2v) is 6.39. The molecule has 0 aromatic rings. The van der Waals surface area contributed by atoms with E-state index in [0.29, 0.717) is 32.7 Å². The van der Waals surface area contributed by atoms with Crippen molar-refractivity contribution in [1.82, 2.24) is 13.9 Å². The molecule has 0 spiro atoms. The van der Waals surface area contributed by atoms with Gasteiger partial charge in [0.05, 0.1) is 0 Å². The molecule has 0 aromatic carbocycles. The highest BCUT2D eigenvalue weighted by Crippen LogP contribution is 2.17. The van der Waals surface area contributed by atoms with Crippen LogP contribution in [-0.4, -0.2) is 55.7 Å². The SMILES string of the molecule is O=C1CCN(S(=O)(=O)N2CCCCC2)CCN1. The Kier molecular flexibility index (Phi) is 4.01. The molecular weight excluding hydrogens is 242 g/mol. The highest BCUT2D eigenvalue weighted by atomic mass is 32.2. The molecule has 17 heavy (non-hydrogen) atoms. The van der Waals surface area contributed by atoms with Crippen molar-refractivity contribution < 1.29 is 13.2 Å². The average Bonchev–Trinajstić information content (AvgIpc) is 2.55. The van der Waals surface area contributed by atoms with Crippen molar-refractivity contribution >= 4 is 16.1 Å². The molecule has 98 valence electrons. The molecular formula is C10H19N3O3S. The summed E-state index contributed by atoms with van der Waals surface area (Å²) in [5.41, 5.74) is 0. The highest BCUT2D eigenvalue weighted by Gasteiger charge is 2.31. The zero-order chi connectivity index (χ0) is 12.3. The predicted octanol–water partition coefficient (Wildman–Crippen LogP) is -0.461. The van der Waals surface area contributed by atoms with Crippen molar-refractivity contribution in [2.75, 3.05) is 32.7 Å². The van der Waals surface area contributed by atoms with Gasteiger partial charge in [0.15, 0.2) is 0 Å². The summed E-state index contributed by atoms with van der Waals surface area (Å²) in [5.74, 6) is -0.0682. The molecule has 0 unspecified atom stereocenters. The monoisotopic (exact) mass is 261 g/mol. The summed E-state index contributed by atoms with van der Waals surface area (Å²) in [6.07, 6.45) is 3.23. The molecule has 6 nitrogen and oxygen atoms in total. The van der Waals surface area contributed by atoms with E-state index in [1.165, 1.54) is 4.31 Å².